The standard InChI is InChI=1S/C26H40BrN3O5/c1-7-11-28(12-8-2)23(32)19-20-24(33)30(17(10-4)15-31)22(25(34)29(13-9-3)16(5)6)26(20)14-18(27)21(19)35-26/h7,9,16-22,31H,1,3,8,10-15H2,2,4-6H3/t17-,18?,19-,20-,21-,22?,26?/m0/s1. The Labute approximate surface area is 217 Å². The Morgan fingerprint density at radius 2 is 1.91 bits per heavy atom. The normalized spacial score (nSPS) is 32.0. The third-order valence-electron chi connectivity index (χ3n) is 7.71. The summed E-state index contributed by atoms with van der Waals surface area (Å²) >= 11 is 3.71. The highest BCUT2D eigenvalue weighted by molar-refractivity contribution is 9.09. The first-order chi connectivity index (χ1) is 16.6. The Morgan fingerprint density at radius 3 is 2.43 bits per heavy atom. The van der Waals surface area contributed by atoms with Crippen LogP contribution in [0.2, 0.25) is 0 Å². The molecule has 3 amide bonds. The summed E-state index contributed by atoms with van der Waals surface area (Å²) in [6, 6.07) is -1.58. The van der Waals surface area contributed by atoms with Crippen molar-refractivity contribution in [2.75, 3.05) is 26.2 Å². The molecule has 0 aromatic rings. The number of ether oxygens (including phenoxy) is 1. The molecule has 7 atom stereocenters. The Morgan fingerprint density at radius 1 is 1.26 bits per heavy atom. The number of amides is 3. The van der Waals surface area contributed by atoms with Crippen molar-refractivity contribution >= 4 is 33.7 Å². The van der Waals surface area contributed by atoms with Gasteiger partial charge in [-0.1, -0.05) is 41.9 Å². The molecule has 0 aromatic carbocycles. The number of aliphatic hydroxyl groups excluding tert-OH is 1. The molecule has 3 fully saturated rings. The van der Waals surface area contributed by atoms with Crippen molar-refractivity contribution in [2.24, 2.45) is 11.8 Å². The molecule has 3 rings (SSSR count). The number of aliphatic hydroxyl groups is 1. The number of fused-ring (bicyclic) bond motifs is 1. The number of nitrogens with zero attached hydrogens (tertiary/aromatic N) is 3. The fraction of sp³-hybridized carbons (Fsp3) is 0.731. The van der Waals surface area contributed by atoms with Crippen LogP contribution in [0, 0.1) is 11.8 Å². The smallest absolute Gasteiger partial charge is 0.248 e. The maximum absolute atomic E-state index is 14.1. The number of alkyl halides is 1. The van der Waals surface area contributed by atoms with Gasteiger partial charge in [0.25, 0.3) is 0 Å². The highest BCUT2D eigenvalue weighted by atomic mass is 79.9. The molecule has 3 saturated heterocycles. The van der Waals surface area contributed by atoms with Crippen molar-refractivity contribution in [3.05, 3.63) is 25.3 Å². The zero-order valence-electron chi connectivity index (χ0n) is 21.4. The summed E-state index contributed by atoms with van der Waals surface area (Å²) in [5.74, 6) is -2.12. The first-order valence-corrected chi connectivity index (χ1v) is 13.6. The molecule has 3 unspecified atom stereocenters. The largest absolute Gasteiger partial charge is 0.394 e. The Balaban J connectivity index is 2.13. The van der Waals surface area contributed by atoms with Crippen molar-refractivity contribution in [3.63, 3.8) is 0 Å². The van der Waals surface area contributed by atoms with E-state index in [2.05, 4.69) is 29.1 Å². The van der Waals surface area contributed by atoms with Crippen LogP contribution in [0.5, 0.6) is 0 Å². The number of likely N-dealkylation sites (tertiary alicyclic amines) is 1. The lowest BCUT2D eigenvalue weighted by Gasteiger charge is -2.40. The van der Waals surface area contributed by atoms with Crippen LogP contribution in [0.4, 0.5) is 0 Å². The van der Waals surface area contributed by atoms with Crippen molar-refractivity contribution in [3.8, 4) is 0 Å². The summed E-state index contributed by atoms with van der Waals surface area (Å²) in [4.78, 5) is 46.8. The van der Waals surface area contributed by atoms with E-state index in [9.17, 15) is 19.5 Å². The number of hydrogen-bond acceptors (Lipinski definition) is 5. The van der Waals surface area contributed by atoms with Crippen molar-refractivity contribution in [2.45, 2.75) is 81.6 Å². The van der Waals surface area contributed by atoms with Gasteiger partial charge in [-0.2, -0.15) is 0 Å². The zero-order chi connectivity index (χ0) is 26.1. The average molecular weight is 555 g/mol. The maximum atomic E-state index is 14.1. The average Bonchev–Trinajstić information content (AvgIpc) is 3.41. The van der Waals surface area contributed by atoms with Crippen LogP contribution in [0.1, 0.15) is 47.0 Å². The first-order valence-electron chi connectivity index (χ1n) is 12.7. The molecule has 3 aliphatic rings. The molecule has 9 heteroatoms. The molecule has 1 spiro atoms. The second-order valence-corrected chi connectivity index (χ2v) is 11.3. The highest BCUT2D eigenvalue weighted by Crippen LogP contribution is 2.61. The van der Waals surface area contributed by atoms with Crippen LogP contribution in [0.15, 0.2) is 25.3 Å². The van der Waals surface area contributed by atoms with Gasteiger partial charge in [-0.15, -0.1) is 13.2 Å². The van der Waals surface area contributed by atoms with Crippen LogP contribution < -0.4 is 0 Å². The molecule has 1 N–H and O–H groups in total. The van der Waals surface area contributed by atoms with Gasteiger partial charge in [0, 0.05) is 30.5 Å². The monoisotopic (exact) mass is 553 g/mol. The summed E-state index contributed by atoms with van der Waals surface area (Å²) in [6.45, 7) is 16.3. The number of halogens is 1. The summed E-state index contributed by atoms with van der Waals surface area (Å²) < 4.78 is 6.58. The second-order valence-electron chi connectivity index (χ2n) is 10.1. The molecule has 0 radical (unpaired) electrons. The predicted octanol–water partition coefficient (Wildman–Crippen LogP) is 2.35. The minimum Gasteiger partial charge on any atom is -0.394 e. The fourth-order valence-corrected chi connectivity index (χ4v) is 7.16. The van der Waals surface area contributed by atoms with E-state index in [1.165, 1.54) is 4.90 Å². The summed E-state index contributed by atoms with van der Waals surface area (Å²) in [5, 5.41) is 10.2. The molecule has 3 aliphatic heterocycles. The topological polar surface area (TPSA) is 90.4 Å². The molecule has 3 heterocycles. The van der Waals surface area contributed by atoms with E-state index in [1.54, 1.807) is 22.0 Å². The Hall–Kier alpha value is -1.71. The maximum Gasteiger partial charge on any atom is 0.248 e. The quantitative estimate of drug-likeness (QED) is 0.296. The molecule has 0 aromatic heterocycles. The molecule has 196 valence electrons. The lowest BCUT2D eigenvalue weighted by Crippen LogP contribution is -2.60. The van der Waals surface area contributed by atoms with Gasteiger partial charge in [-0.3, -0.25) is 14.4 Å². The molecule has 0 aliphatic carbocycles. The number of hydrogen-bond donors (Lipinski definition) is 1. The van der Waals surface area contributed by atoms with E-state index < -0.39 is 35.6 Å². The number of carbonyl (C=O) groups is 3. The zero-order valence-corrected chi connectivity index (χ0v) is 22.9. The van der Waals surface area contributed by atoms with Crippen molar-refractivity contribution in [1.29, 1.82) is 0 Å². The highest BCUT2D eigenvalue weighted by Gasteiger charge is 2.77. The van der Waals surface area contributed by atoms with Gasteiger partial charge >= 0.3 is 0 Å². The third-order valence-corrected chi connectivity index (χ3v) is 8.55. The van der Waals surface area contributed by atoms with Crippen LogP contribution in [-0.2, 0) is 19.1 Å². The lowest BCUT2D eigenvalue weighted by molar-refractivity contribution is -0.152. The van der Waals surface area contributed by atoms with Gasteiger partial charge in [0.15, 0.2) is 0 Å². The van der Waals surface area contributed by atoms with E-state index in [-0.39, 0.29) is 35.2 Å². The minimum atomic E-state index is -1.13. The third kappa shape index (κ3) is 4.48. The van der Waals surface area contributed by atoms with E-state index in [0.717, 1.165) is 6.42 Å². The minimum absolute atomic E-state index is 0.120. The van der Waals surface area contributed by atoms with Crippen molar-refractivity contribution in [1.82, 2.24) is 14.7 Å². The molecular weight excluding hydrogens is 514 g/mol. The predicted molar refractivity (Wildman–Crippen MR) is 138 cm³/mol. The molecular formula is C26H40BrN3O5. The van der Waals surface area contributed by atoms with Crippen LogP contribution in [0.3, 0.4) is 0 Å². The molecule has 8 nitrogen and oxygen atoms in total. The van der Waals surface area contributed by atoms with Gasteiger partial charge in [0.1, 0.15) is 11.6 Å². The Kier molecular flexibility index (Phi) is 8.86. The van der Waals surface area contributed by atoms with E-state index in [0.29, 0.717) is 32.5 Å². The van der Waals surface area contributed by atoms with Gasteiger partial charge in [0.05, 0.1) is 30.6 Å². The lowest BCUT2D eigenvalue weighted by atomic mass is 9.70. The summed E-state index contributed by atoms with van der Waals surface area (Å²) in [5.41, 5.74) is -1.13. The first kappa shape index (κ1) is 27.9. The molecule has 35 heavy (non-hydrogen) atoms. The summed E-state index contributed by atoms with van der Waals surface area (Å²) in [7, 11) is 0. The van der Waals surface area contributed by atoms with Gasteiger partial charge in [0.2, 0.25) is 17.7 Å². The van der Waals surface area contributed by atoms with E-state index in [1.807, 2.05) is 27.7 Å². The van der Waals surface area contributed by atoms with Crippen LogP contribution in [0.25, 0.3) is 0 Å². The van der Waals surface area contributed by atoms with Crippen molar-refractivity contribution < 1.29 is 24.2 Å². The second kappa shape index (κ2) is 11.1. The Bertz CT molecular complexity index is 847. The van der Waals surface area contributed by atoms with E-state index in [4.69, 9.17) is 4.74 Å². The van der Waals surface area contributed by atoms with Gasteiger partial charge in [-0.25, -0.2) is 0 Å². The molecule has 0 saturated carbocycles. The fourth-order valence-electron chi connectivity index (χ4n) is 6.22. The van der Waals surface area contributed by atoms with E-state index >= 15 is 0 Å². The van der Waals surface area contributed by atoms with Gasteiger partial charge < -0.3 is 24.5 Å². The van der Waals surface area contributed by atoms with Crippen LogP contribution >= 0.6 is 15.9 Å². The summed E-state index contributed by atoms with van der Waals surface area (Å²) in [6.07, 6.45) is 4.56. The SMILES string of the molecule is C=CCN(CCC)C(=O)[C@H]1[C@H]2C(=O)N([C@@H](CC)CO)C(C(=O)N(CC=C)C(C)C)C23CC(Br)[C@@H]1O3. The molecule has 2 bridgehead atoms. The van der Waals surface area contributed by atoms with Gasteiger partial charge in [-0.05, 0) is 33.1 Å². The van der Waals surface area contributed by atoms with Crippen LogP contribution in [-0.4, -0.2) is 98.4 Å². The number of carbonyl (C=O) groups excluding carboxylic acids is 3. The number of rotatable bonds is 12.